The third kappa shape index (κ3) is 2.74. The van der Waals surface area contributed by atoms with Gasteiger partial charge in [0, 0.05) is 24.1 Å². The molecule has 102 valence electrons. The van der Waals surface area contributed by atoms with Crippen LogP contribution in [0.4, 0.5) is 5.69 Å². The smallest absolute Gasteiger partial charge is 0.335 e. The van der Waals surface area contributed by atoms with E-state index in [9.17, 15) is 14.4 Å². The lowest BCUT2D eigenvalue weighted by atomic mass is 10.1. The molecule has 1 aromatic heterocycles. The molecule has 6 heteroatoms. The van der Waals surface area contributed by atoms with Crippen LogP contribution in [0, 0.1) is 6.92 Å². The van der Waals surface area contributed by atoms with Crippen molar-refractivity contribution < 1.29 is 14.7 Å². The van der Waals surface area contributed by atoms with Crippen LogP contribution in [0.25, 0.3) is 0 Å². The minimum absolute atomic E-state index is 0.00698. The number of hydrogen-bond acceptors (Lipinski definition) is 3. The number of benzene rings is 1. The van der Waals surface area contributed by atoms with Crippen LogP contribution < -0.4 is 10.7 Å². The van der Waals surface area contributed by atoms with E-state index in [1.165, 1.54) is 30.6 Å². The van der Waals surface area contributed by atoms with Gasteiger partial charge in [0.2, 0.25) is 0 Å². The zero-order chi connectivity index (χ0) is 14.7. The highest BCUT2D eigenvalue weighted by Crippen LogP contribution is 2.15. The van der Waals surface area contributed by atoms with Crippen LogP contribution >= 0.6 is 0 Å². The first-order chi connectivity index (χ1) is 9.49. The molecule has 2 aromatic rings. The molecule has 0 aliphatic carbocycles. The minimum atomic E-state index is -1.03. The van der Waals surface area contributed by atoms with Crippen molar-refractivity contribution in [1.82, 2.24) is 4.98 Å². The van der Waals surface area contributed by atoms with Crippen molar-refractivity contribution in [3.63, 3.8) is 0 Å². The molecule has 2 rings (SSSR count). The number of aromatic amines is 1. The van der Waals surface area contributed by atoms with Crippen LogP contribution in [0.2, 0.25) is 0 Å². The molecule has 0 radical (unpaired) electrons. The first-order valence-corrected chi connectivity index (χ1v) is 5.81. The largest absolute Gasteiger partial charge is 0.478 e. The summed E-state index contributed by atoms with van der Waals surface area (Å²) in [7, 11) is 0. The van der Waals surface area contributed by atoms with Crippen molar-refractivity contribution in [2.45, 2.75) is 6.92 Å². The maximum atomic E-state index is 11.9. The fraction of sp³-hybridized carbons (Fsp3) is 0.0714. The Bertz CT molecular complexity index is 734. The maximum Gasteiger partial charge on any atom is 0.335 e. The van der Waals surface area contributed by atoms with Gasteiger partial charge in [0.1, 0.15) is 5.56 Å². The standard InChI is InChI=1S/C14H12N2O4/c1-8-6-9(2-3-10(8)14(19)20)16-13(18)11-7-15-5-4-12(11)17/h2-7H,1H3,(H,15,17)(H,16,18)(H,19,20). The second-order valence-electron chi connectivity index (χ2n) is 4.21. The quantitative estimate of drug-likeness (QED) is 0.790. The van der Waals surface area contributed by atoms with E-state index in [1.54, 1.807) is 13.0 Å². The fourth-order valence-corrected chi connectivity index (χ4v) is 1.77. The molecule has 0 aliphatic heterocycles. The molecular formula is C14H12N2O4. The van der Waals surface area contributed by atoms with Crippen LogP contribution in [-0.2, 0) is 0 Å². The number of hydrogen-bond donors (Lipinski definition) is 3. The summed E-state index contributed by atoms with van der Waals surface area (Å²) in [6.07, 6.45) is 2.75. The summed E-state index contributed by atoms with van der Waals surface area (Å²) in [5, 5.41) is 11.5. The normalized spacial score (nSPS) is 10.1. The van der Waals surface area contributed by atoms with Crippen molar-refractivity contribution in [3.05, 3.63) is 63.6 Å². The Morgan fingerprint density at radius 3 is 2.55 bits per heavy atom. The number of H-pyrrole nitrogens is 1. The lowest BCUT2D eigenvalue weighted by Crippen LogP contribution is -2.21. The van der Waals surface area contributed by atoms with Gasteiger partial charge in [0.25, 0.3) is 5.91 Å². The summed E-state index contributed by atoms with van der Waals surface area (Å²) in [6.45, 7) is 1.63. The van der Waals surface area contributed by atoms with Crippen molar-refractivity contribution >= 4 is 17.6 Å². The van der Waals surface area contributed by atoms with Gasteiger partial charge >= 0.3 is 5.97 Å². The van der Waals surface area contributed by atoms with Gasteiger partial charge in [0.05, 0.1) is 5.56 Å². The Hall–Kier alpha value is -2.89. The molecule has 0 unspecified atom stereocenters. The molecular weight excluding hydrogens is 260 g/mol. The Kier molecular flexibility index (Phi) is 3.65. The average molecular weight is 272 g/mol. The summed E-state index contributed by atoms with van der Waals surface area (Å²) < 4.78 is 0. The number of nitrogens with one attached hydrogen (secondary N) is 2. The number of carbonyl (C=O) groups excluding carboxylic acids is 1. The van der Waals surface area contributed by atoms with Crippen LogP contribution in [0.3, 0.4) is 0 Å². The molecule has 0 bridgehead atoms. The number of anilines is 1. The zero-order valence-electron chi connectivity index (χ0n) is 10.6. The molecule has 0 aliphatic rings. The molecule has 6 nitrogen and oxygen atoms in total. The molecule has 3 N–H and O–H groups in total. The number of amides is 1. The van der Waals surface area contributed by atoms with Crippen molar-refractivity contribution in [2.24, 2.45) is 0 Å². The lowest BCUT2D eigenvalue weighted by Gasteiger charge is -2.07. The van der Waals surface area contributed by atoms with E-state index >= 15 is 0 Å². The van der Waals surface area contributed by atoms with Gasteiger partial charge in [-0.2, -0.15) is 0 Å². The van der Waals surface area contributed by atoms with Crippen LogP contribution in [0.5, 0.6) is 0 Å². The Morgan fingerprint density at radius 2 is 1.95 bits per heavy atom. The third-order valence-corrected chi connectivity index (χ3v) is 2.78. The molecule has 0 saturated heterocycles. The summed E-state index contributed by atoms with van der Waals surface area (Å²) >= 11 is 0. The average Bonchev–Trinajstić information content (AvgIpc) is 2.38. The summed E-state index contributed by atoms with van der Waals surface area (Å²) in [4.78, 5) is 37.0. The number of aromatic nitrogens is 1. The number of carboxylic acid groups (broad SMARTS) is 1. The third-order valence-electron chi connectivity index (χ3n) is 2.78. The van der Waals surface area contributed by atoms with Gasteiger partial charge in [0.15, 0.2) is 5.43 Å². The predicted molar refractivity (Wildman–Crippen MR) is 73.2 cm³/mol. The Labute approximate surface area is 114 Å². The first kappa shape index (κ1) is 13.5. The summed E-state index contributed by atoms with van der Waals surface area (Å²) in [5.41, 5.74) is 0.728. The monoisotopic (exact) mass is 272 g/mol. The highest BCUT2D eigenvalue weighted by molar-refractivity contribution is 6.04. The number of aryl methyl sites for hydroxylation is 1. The SMILES string of the molecule is Cc1cc(NC(=O)c2c[nH]ccc2=O)ccc1C(=O)O. The lowest BCUT2D eigenvalue weighted by molar-refractivity contribution is 0.0696. The summed E-state index contributed by atoms with van der Waals surface area (Å²) in [5.74, 6) is -1.57. The van der Waals surface area contributed by atoms with E-state index in [2.05, 4.69) is 10.3 Å². The van der Waals surface area contributed by atoms with Crippen LogP contribution in [0.15, 0.2) is 41.5 Å². The summed E-state index contributed by atoms with van der Waals surface area (Å²) in [6, 6.07) is 5.68. The fourth-order valence-electron chi connectivity index (χ4n) is 1.77. The van der Waals surface area contributed by atoms with Crippen molar-refractivity contribution in [2.75, 3.05) is 5.32 Å². The molecule has 0 spiro atoms. The number of carbonyl (C=O) groups is 2. The van der Waals surface area contributed by atoms with Crippen LogP contribution in [0.1, 0.15) is 26.3 Å². The number of rotatable bonds is 3. The van der Waals surface area contributed by atoms with Crippen molar-refractivity contribution in [3.8, 4) is 0 Å². The first-order valence-electron chi connectivity index (χ1n) is 5.81. The minimum Gasteiger partial charge on any atom is -0.478 e. The molecule has 1 heterocycles. The van der Waals surface area contributed by atoms with E-state index < -0.39 is 11.9 Å². The molecule has 1 amide bonds. The van der Waals surface area contributed by atoms with Gasteiger partial charge in [-0.25, -0.2) is 4.79 Å². The molecule has 20 heavy (non-hydrogen) atoms. The van der Waals surface area contributed by atoms with E-state index in [-0.39, 0.29) is 16.6 Å². The molecule has 0 saturated carbocycles. The van der Waals surface area contributed by atoms with E-state index in [4.69, 9.17) is 5.11 Å². The molecule has 1 aromatic carbocycles. The number of pyridine rings is 1. The van der Waals surface area contributed by atoms with Gasteiger partial charge in [-0.05, 0) is 30.7 Å². The van der Waals surface area contributed by atoms with E-state index in [0.29, 0.717) is 11.3 Å². The van der Waals surface area contributed by atoms with E-state index in [1.807, 2.05) is 0 Å². The molecule has 0 atom stereocenters. The second-order valence-corrected chi connectivity index (χ2v) is 4.21. The van der Waals surface area contributed by atoms with Gasteiger partial charge in [-0.1, -0.05) is 0 Å². The second kappa shape index (κ2) is 5.40. The molecule has 0 fully saturated rings. The maximum absolute atomic E-state index is 11.9. The Morgan fingerprint density at radius 1 is 1.20 bits per heavy atom. The van der Waals surface area contributed by atoms with Gasteiger partial charge < -0.3 is 15.4 Å². The van der Waals surface area contributed by atoms with Gasteiger partial charge in [-0.3, -0.25) is 9.59 Å². The Balaban J connectivity index is 2.25. The number of aromatic carboxylic acids is 1. The topological polar surface area (TPSA) is 99.3 Å². The van der Waals surface area contributed by atoms with Crippen LogP contribution in [-0.4, -0.2) is 22.0 Å². The number of carboxylic acids is 1. The predicted octanol–water partition coefficient (Wildman–Crippen LogP) is 1.63. The zero-order valence-corrected chi connectivity index (χ0v) is 10.6. The van der Waals surface area contributed by atoms with E-state index in [0.717, 1.165) is 0 Å². The highest BCUT2D eigenvalue weighted by atomic mass is 16.4. The highest BCUT2D eigenvalue weighted by Gasteiger charge is 2.12. The van der Waals surface area contributed by atoms with Crippen molar-refractivity contribution in [1.29, 1.82) is 0 Å². The van der Waals surface area contributed by atoms with Gasteiger partial charge in [-0.15, -0.1) is 0 Å².